The van der Waals surface area contributed by atoms with Crippen molar-refractivity contribution in [2.24, 2.45) is 0 Å². The maximum atomic E-state index is 11.7. The van der Waals surface area contributed by atoms with Crippen LogP contribution in [0.15, 0.2) is 23.6 Å². The Kier molecular flexibility index (Phi) is 6.14. The van der Waals surface area contributed by atoms with Gasteiger partial charge in [-0.05, 0) is 18.2 Å². The van der Waals surface area contributed by atoms with Gasteiger partial charge in [0.25, 0.3) is 5.91 Å². The molecule has 0 saturated carbocycles. The maximum absolute atomic E-state index is 11.7. The van der Waals surface area contributed by atoms with Crippen LogP contribution < -0.4 is 14.8 Å². The number of likely N-dealkylation sites (N-methyl/N-ethyl adjacent to an activating group) is 1. The molecule has 8 heteroatoms. The van der Waals surface area contributed by atoms with Crippen molar-refractivity contribution in [3.05, 3.63) is 29.3 Å². The lowest BCUT2D eigenvalue weighted by molar-refractivity contribution is -0.147. The first-order valence-electron chi connectivity index (χ1n) is 7.10. The van der Waals surface area contributed by atoms with Crippen LogP contribution in [0, 0.1) is 0 Å². The summed E-state index contributed by atoms with van der Waals surface area (Å²) in [7, 11) is 4.62. The molecule has 7 nitrogen and oxygen atoms in total. The van der Waals surface area contributed by atoms with Crippen molar-refractivity contribution in [1.82, 2.24) is 10.3 Å². The highest BCUT2D eigenvalue weighted by Crippen LogP contribution is 2.33. The standard InChI is InChI=1S/C16H18N2O5S/c1-17-14(19)8-23-15(20)7-11-9-24-16(18-11)10-4-5-12(21-2)13(6-10)22-3/h4-6,9H,7-8H2,1-3H3,(H,17,19). The number of rotatable bonds is 7. The summed E-state index contributed by atoms with van der Waals surface area (Å²) in [5.74, 6) is 0.392. The Morgan fingerprint density at radius 3 is 2.62 bits per heavy atom. The zero-order valence-corrected chi connectivity index (χ0v) is 14.4. The number of thiazole rings is 1. The van der Waals surface area contributed by atoms with E-state index in [-0.39, 0.29) is 18.9 Å². The lowest BCUT2D eigenvalue weighted by Crippen LogP contribution is -2.25. The Bertz CT molecular complexity index is 729. The summed E-state index contributed by atoms with van der Waals surface area (Å²) in [5, 5.41) is 4.92. The number of amides is 1. The number of carbonyl (C=O) groups is 2. The first-order valence-corrected chi connectivity index (χ1v) is 7.98. The van der Waals surface area contributed by atoms with Crippen LogP contribution in [0.5, 0.6) is 11.5 Å². The van der Waals surface area contributed by atoms with Gasteiger partial charge in [0.1, 0.15) is 5.01 Å². The largest absolute Gasteiger partial charge is 0.493 e. The smallest absolute Gasteiger partial charge is 0.312 e. The van der Waals surface area contributed by atoms with Gasteiger partial charge in [-0.1, -0.05) is 0 Å². The molecular weight excluding hydrogens is 332 g/mol. The second-order valence-corrected chi connectivity index (χ2v) is 5.58. The minimum absolute atomic E-state index is 0.0147. The topological polar surface area (TPSA) is 86.8 Å². The van der Waals surface area contributed by atoms with Gasteiger partial charge < -0.3 is 19.5 Å². The van der Waals surface area contributed by atoms with E-state index in [1.807, 2.05) is 12.1 Å². The summed E-state index contributed by atoms with van der Waals surface area (Å²) >= 11 is 1.41. The van der Waals surface area contributed by atoms with Gasteiger partial charge in [-0.15, -0.1) is 11.3 Å². The average Bonchev–Trinajstić information content (AvgIpc) is 3.07. The lowest BCUT2D eigenvalue weighted by Gasteiger charge is -2.08. The highest BCUT2D eigenvalue weighted by molar-refractivity contribution is 7.13. The highest BCUT2D eigenvalue weighted by atomic mass is 32.1. The summed E-state index contributed by atoms with van der Waals surface area (Å²) in [6.07, 6.45) is 0.0147. The molecule has 0 saturated heterocycles. The Hall–Kier alpha value is -2.61. The number of esters is 1. The molecule has 0 aliphatic heterocycles. The quantitative estimate of drug-likeness (QED) is 0.764. The molecule has 128 valence electrons. The number of nitrogens with one attached hydrogen (secondary N) is 1. The number of nitrogens with zero attached hydrogens (tertiary/aromatic N) is 1. The van der Waals surface area contributed by atoms with Crippen molar-refractivity contribution in [1.29, 1.82) is 0 Å². The van der Waals surface area contributed by atoms with Crippen LogP contribution in [0.2, 0.25) is 0 Å². The van der Waals surface area contributed by atoms with Gasteiger partial charge in [-0.2, -0.15) is 0 Å². The molecule has 0 fully saturated rings. The van der Waals surface area contributed by atoms with Crippen molar-refractivity contribution < 1.29 is 23.8 Å². The van der Waals surface area contributed by atoms with E-state index in [1.54, 1.807) is 25.7 Å². The zero-order chi connectivity index (χ0) is 17.5. The van der Waals surface area contributed by atoms with Crippen LogP contribution >= 0.6 is 11.3 Å². The van der Waals surface area contributed by atoms with E-state index in [0.717, 1.165) is 10.6 Å². The summed E-state index contributed by atoms with van der Waals surface area (Å²) in [5.41, 5.74) is 1.45. The van der Waals surface area contributed by atoms with Crippen molar-refractivity contribution in [2.75, 3.05) is 27.9 Å². The highest BCUT2D eigenvalue weighted by Gasteiger charge is 2.13. The van der Waals surface area contributed by atoms with E-state index in [4.69, 9.17) is 14.2 Å². The summed E-state index contributed by atoms with van der Waals surface area (Å²) in [6, 6.07) is 5.49. The average molecular weight is 350 g/mol. The van der Waals surface area contributed by atoms with Crippen LogP contribution in [-0.2, 0) is 20.7 Å². The van der Waals surface area contributed by atoms with E-state index >= 15 is 0 Å². The molecule has 0 aliphatic rings. The molecule has 1 amide bonds. The lowest BCUT2D eigenvalue weighted by atomic mass is 10.2. The van der Waals surface area contributed by atoms with E-state index in [0.29, 0.717) is 17.2 Å². The summed E-state index contributed by atoms with van der Waals surface area (Å²) < 4.78 is 15.3. The molecule has 0 atom stereocenters. The molecular formula is C16H18N2O5S. The van der Waals surface area contributed by atoms with E-state index < -0.39 is 5.97 Å². The SMILES string of the molecule is CNC(=O)COC(=O)Cc1csc(-c2ccc(OC)c(OC)c2)n1. The van der Waals surface area contributed by atoms with E-state index in [2.05, 4.69) is 10.3 Å². The molecule has 2 aromatic rings. The molecule has 1 heterocycles. The molecule has 0 aliphatic carbocycles. The van der Waals surface area contributed by atoms with Gasteiger partial charge >= 0.3 is 5.97 Å². The Morgan fingerprint density at radius 1 is 1.21 bits per heavy atom. The predicted molar refractivity (Wildman–Crippen MR) is 89.4 cm³/mol. The molecule has 2 rings (SSSR count). The number of hydrogen-bond donors (Lipinski definition) is 1. The van der Waals surface area contributed by atoms with Gasteiger partial charge in [0.05, 0.1) is 26.3 Å². The third-order valence-corrected chi connectivity index (χ3v) is 4.09. The first kappa shape index (κ1) is 17.7. The van der Waals surface area contributed by atoms with E-state index in [1.165, 1.54) is 18.4 Å². The van der Waals surface area contributed by atoms with Gasteiger partial charge in [0.15, 0.2) is 18.1 Å². The number of methoxy groups -OCH3 is 2. The Labute approximate surface area is 143 Å². The molecule has 0 unspecified atom stereocenters. The van der Waals surface area contributed by atoms with Crippen LogP contribution in [0.3, 0.4) is 0 Å². The number of benzene rings is 1. The van der Waals surface area contributed by atoms with Crippen molar-refractivity contribution in [3.8, 4) is 22.1 Å². The fourth-order valence-electron chi connectivity index (χ4n) is 1.91. The normalized spacial score (nSPS) is 10.1. The van der Waals surface area contributed by atoms with Gasteiger partial charge in [-0.25, -0.2) is 4.98 Å². The third kappa shape index (κ3) is 4.45. The van der Waals surface area contributed by atoms with Gasteiger partial charge in [-0.3, -0.25) is 9.59 Å². The fourth-order valence-corrected chi connectivity index (χ4v) is 2.72. The zero-order valence-electron chi connectivity index (χ0n) is 13.6. The fraction of sp³-hybridized carbons (Fsp3) is 0.312. The third-order valence-electron chi connectivity index (χ3n) is 3.15. The first-order chi connectivity index (χ1) is 11.6. The number of carbonyl (C=O) groups excluding carboxylic acids is 2. The number of aromatic nitrogens is 1. The molecule has 1 aromatic carbocycles. The predicted octanol–water partition coefficient (Wildman–Crippen LogP) is 1.66. The van der Waals surface area contributed by atoms with Crippen molar-refractivity contribution >= 4 is 23.2 Å². The van der Waals surface area contributed by atoms with Crippen LogP contribution in [0.25, 0.3) is 10.6 Å². The molecule has 24 heavy (non-hydrogen) atoms. The second-order valence-electron chi connectivity index (χ2n) is 4.72. The molecule has 1 aromatic heterocycles. The maximum Gasteiger partial charge on any atom is 0.312 e. The van der Waals surface area contributed by atoms with Crippen LogP contribution in [0.1, 0.15) is 5.69 Å². The Morgan fingerprint density at radius 2 is 1.96 bits per heavy atom. The molecule has 0 radical (unpaired) electrons. The minimum Gasteiger partial charge on any atom is -0.493 e. The van der Waals surface area contributed by atoms with E-state index in [9.17, 15) is 9.59 Å². The molecule has 0 bridgehead atoms. The number of hydrogen-bond acceptors (Lipinski definition) is 7. The van der Waals surface area contributed by atoms with Gasteiger partial charge in [0, 0.05) is 18.0 Å². The monoisotopic (exact) mass is 350 g/mol. The van der Waals surface area contributed by atoms with Crippen molar-refractivity contribution in [3.63, 3.8) is 0 Å². The Balaban J connectivity index is 2.05. The molecule has 1 N–H and O–H groups in total. The van der Waals surface area contributed by atoms with Crippen LogP contribution in [0.4, 0.5) is 0 Å². The minimum atomic E-state index is -0.497. The summed E-state index contributed by atoms with van der Waals surface area (Å²) in [6.45, 7) is -0.290. The second kappa shape index (κ2) is 8.30. The van der Waals surface area contributed by atoms with Crippen molar-refractivity contribution in [2.45, 2.75) is 6.42 Å². The number of ether oxygens (including phenoxy) is 3. The summed E-state index contributed by atoms with van der Waals surface area (Å²) in [4.78, 5) is 27.2. The van der Waals surface area contributed by atoms with Gasteiger partial charge in [0.2, 0.25) is 0 Å². The molecule has 0 spiro atoms. The van der Waals surface area contributed by atoms with Crippen LogP contribution in [-0.4, -0.2) is 44.7 Å².